The molecule has 3 aromatic carbocycles. The molecule has 1 aliphatic carbocycles. The van der Waals surface area contributed by atoms with Crippen LogP contribution in [0.3, 0.4) is 0 Å². The molecule has 0 saturated carbocycles. The summed E-state index contributed by atoms with van der Waals surface area (Å²) in [6.07, 6.45) is 4.22. The predicted octanol–water partition coefficient (Wildman–Crippen LogP) is -1.93. The van der Waals surface area contributed by atoms with Crippen molar-refractivity contribution < 1.29 is 58.9 Å². The Kier molecular flexibility index (Phi) is 15.8. The van der Waals surface area contributed by atoms with Gasteiger partial charge in [0.05, 0.1) is 0 Å². The van der Waals surface area contributed by atoms with E-state index in [1.165, 1.54) is 82.7 Å². The molecule has 0 bridgehead atoms. The SMILES string of the molecule is CC1=[C-]C(C)([Si](c2cc(N(C)C)cc(C)c2C)(c2cc(N(C)C)cc(C)c2C)c2cc(N(C)C)cc(C)c2C)C(C)=C1C.[Cl-].[Cl-].[Cl-].[Ti+4]. The van der Waals surface area contributed by atoms with Gasteiger partial charge in [0.2, 0.25) is 0 Å². The van der Waals surface area contributed by atoms with Crippen molar-refractivity contribution in [2.75, 3.05) is 57.0 Å². The maximum atomic E-state index is 4.22. The Labute approximate surface area is 321 Å². The largest absolute Gasteiger partial charge is 4.00 e. The van der Waals surface area contributed by atoms with Gasteiger partial charge >= 0.3 is 21.7 Å². The summed E-state index contributed by atoms with van der Waals surface area (Å²) in [7, 11) is 10.0. The van der Waals surface area contributed by atoms with E-state index in [0.717, 1.165) is 0 Å². The average Bonchev–Trinajstić information content (AvgIpc) is 3.13. The van der Waals surface area contributed by atoms with Gasteiger partial charge < -0.3 is 51.9 Å². The summed E-state index contributed by atoms with van der Waals surface area (Å²) in [6.45, 7) is 23.4. The van der Waals surface area contributed by atoms with Crippen molar-refractivity contribution in [2.45, 2.75) is 74.3 Å². The fraction of sp³-hybridized carbons (Fsp3) is 0.436. The van der Waals surface area contributed by atoms with E-state index in [1.54, 1.807) is 0 Å². The summed E-state index contributed by atoms with van der Waals surface area (Å²) in [5.74, 6) is 0. The second kappa shape index (κ2) is 16.4. The number of nitrogens with zero attached hydrogens (tertiary/aromatic N) is 3. The number of anilines is 3. The van der Waals surface area contributed by atoms with Crippen LogP contribution < -0.4 is 67.5 Å². The van der Waals surface area contributed by atoms with Gasteiger partial charge in [0, 0.05) is 59.3 Å². The Morgan fingerprint density at radius 2 is 0.787 bits per heavy atom. The zero-order valence-corrected chi connectivity index (χ0v) is 36.3. The smallest absolute Gasteiger partial charge is 1.00 e. The van der Waals surface area contributed by atoms with Gasteiger partial charge in [0.1, 0.15) is 8.07 Å². The predicted molar refractivity (Wildman–Crippen MR) is 195 cm³/mol. The quantitative estimate of drug-likeness (QED) is 0.159. The maximum absolute atomic E-state index is 4.22. The topological polar surface area (TPSA) is 9.72 Å². The second-order valence-electron chi connectivity index (χ2n) is 13.9. The molecule has 1 unspecified atom stereocenters. The molecule has 4 rings (SSSR count). The Morgan fingerprint density at radius 3 is 1.00 bits per heavy atom. The van der Waals surface area contributed by atoms with Gasteiger partial charge in [-0.15, -0.1) is 6.92 Å². The number of rotatable bonds is 7. The summed E-state index contributed by atoms with van der Waals surface area (Å²) in [5, 5.41) is 4.16. The molecule has 0 fully saturated rings. The molecule has 0 spiro atoms. The number of halogens is 3. The fourth-order valence-corrected chi connectivity index (χ4v) is 14.3. The minimum absolute atomic E-state index is 0. The van der Waals surface area contributed by atoms with Crippen LogP contribution in [-0.2, 0) is 21.7 Å². The van der Waals surface area contributed by atoms with E-state index in [0.29, 0.717) is 0 Å². The van der Waals surface area contributed by atoms with E-state index in [4.69, 9.17) is 0 Å². The van der Waals surface area contributed by atoms with Gasteiger partial charge in [-0.05, 0) is 127 Å². The minimum Gasteiger partial charge on any atom is -1.00 e. The molecule has 0 aliphatic heterocycles. The molecular formula is C39H54Cl3N3SiTi. The Balaban J connectivity index is 0.00000529. The number of aryl methyl sites for hydroxylation is 3. The fourth-order valence-electron chi connectivity index (χ4n) is 7.30. The molecule has 0 heterocycles. The molecule has 47 heavy (non-hydrogen) atoms. The van der Waals surface area contributed by atoms with Crippen molar-refractivity contribution in [2.24, 2.45) is 0 Å². The van der Waals surface area contributed by atoms with Crippen molar-refractivity contribution >= 4 is 40.7 Å². The third-order valence-electron chi connectivity index (χ3n) is 10.8. The van der Waals surface area contributed by atoms with Gasteiger partial charge in [-0.25, -0.2) is 5.57 Å². The summed E-state index contributed by atoms with van der Waals surface area (Å²) in [5.41, 5.74) is 16.1. The first-order valence-electron chi connectivity index (χ1n) is 15.6. The first-order chi connectivity index (χ1) is 19.9. The van der Waals surface area contributed by atoms with E-state index in [9.17, 15) is 0 Å². The number of hydrogen-bond acceptors (Lipinski definition) is 3. The summed E-state index contributed by atoms with van der Waals surface area (Å²) in [6, 6.07) is 14.7. The van der Waals surface area contributed by atoms with Crippen LogP contribution in [0.4, 0.5) is 17.1 Å². The molecule has 1 atom stereocenters. The van der Waals surface area contributed by atoms with Crippen LogP contribution >= 0.6 is 0 Å². The van der Waals surface area contributed by atoms with Crippen LogP contribution in [0.5, 0.6) is 0 Å². The Hall–Kier alpha value is -1.66. The Bertz CT molecular complexity index is 1520. The zero-order chi connectivity index (χ0) is 32.3. The van der Waals surface area contributed by atoms with E-state index < -0.39 is 8.07 Å². The maximum Gasteiger partial charge on any atom is 4.00 e. The minimum atomic E-state index is -2.99. The molecule has 3 aromatic rings. The Morgan fingerprint density at radius 1 is 0.511 bits per heavy atom. The van der Waals surface area contributed by atoms with Crippen molar-refractivity contribution in [1.82, 2.24) is 0 Å². The van der Waals surface area contributed by atoms with E-state index in [-0.39, 0.29) is 64.0 Å². The molecule has 1 aliphatic rings. The van der Waals surface area contributed by atoms with Crippen molar-refractivity contribution in [3.8, 4) is 0 Å². The monoisotopic (exact) mass is 745 g/mol. The third kappa shape index (κ3) is 7.30. The number of hydrogen-bond donors (Lipinski definition) is 0. The van der Waals surface area contributed by atoms with Crippen molar-refractivity contribution in [3.63, 3.8) is 0 Å². The standard InChI is InChI=1S/C39H54N3Si.3ClH.Ti/c1-24-17-33(40(11)12)20-36(29(24)6)43(39(10)23-27(4)28(5)32(39)9,37-21-34(41(13)14)18-25(2)30(37)7)38-22-35(42(15)16)19-26(3)31(38)8;;;;/h17-22H,1-16H3;3*1H;/q-1;;;;+4/p-3. The van der Waals surface area contributed by atoms with Crippen LogP contribution in [0.2, 0.25) is 5.04 Å². The molecule has 0 saturated heterocycles. The molecule has 0 amide bonds. The molecule has 0 radical (unpaired) electrons. The van der Waals surface area contributed by atoms with E-state index in [1.807, 2.05) is 0 Å². The van der Waals surface area contributed by atoms with Gasteiger partial charge in [0.25, 0.3) is 0 Å². The van der Waals surface area contributed by atoms with Gasteiger partial charge in [-0.1, -0.05) is 25.8 Å². The van der Waals surface area contributed by atoms with Crippen LogP contribution in [0.15, 0.2) is 53.1 Å². The third-order valence-corrected chi connectivity index (χ3v) is 16.8. The molecule has 0 aromatic heterocycles. The van der Waals surface area contributed by atoms with Crippen LogP contribution in [-0.4, -0.2) is 50.4 Å². The normalized spacial score (nSPS) is 15.5. The summed E-state index contributed by atoms with van der Waals surface area (Å²) in [4.78, 5) is 6.81. The van der Waals surface area contributed by atoms with Crippen molar-refractivity contribution in [3.05, 3.63) is 92.6 Å². The van der Waals surface area contributed by atoms with Crippen LogP contribution in [0, 0.1) is 47.6 Å². The van der Waals surface area contributed by atoms with Gasteiger partial charge in [0.15, 0.2) is 0 Å². The number of allylic oxidation sites excluding steroid dienone is 4. The molecular weight excluding hydrogens is 693 g/mol. The summed E-state index contributed by atoms with van der Waals surface area (Å²) < 4.78 is 0. The van der Waals surface area contributed by atoms with Crippen LogP contribution in [0.25, 0.3) is 0 Å². The van der Waals surface area contributed by atoms with Crippen molar-refractivity contribution in [1.29, 1.82) is 0 Å². The van der Waals surface area contributed by atoms with Gasteiger partial charge in [-0.2, -0.15) is 11.1 Å². The van der Waals surface area contributed by atoms with Gasteiger partial charge in [-0.3, -0.25) is 6.08 Å². The zero-order valence-electron chi connectivity index (χ0n) is 31.4. The summed E-state index contributed by atoms with van der Waals surface area (Å²) >= 11 is 0. The average molecular weight is 747 g/mol. The molecule has 8 heteroatoms. The van der Waals surface area contributed by atoms with Crippen LogP contribution in [0.1, 0.15) is 61.1 Å². The molecule has 3 nitrogen and oxygen atoms in total. The number of benzene rings is 3. The first kappa shape index (κ1) is 45.3. The van der Waals surface area contributed by atoms with E-state index >= 15 is 0 Å². The first-order valence-corrected chi connectivity index (χ1v) is 17.6. The molecule has 254 valence electrons. The molecule has 0 N–H and O–H groups in total. The second-order valence-corrected chi connectivity index (χ2v) is 18.0. The van der Waals surface area contributed by atoms with E-state index in [2.05, 4.69) is 169 Å².